The van der Waals surface area contributed by atoms with E-state index in [0.29, 0.717) is 18.6 Å². The van der Waals surface area contributed by atoms with Crippen LogP contribution in [0.1, 0.15) is 25.8 Å². The van der Waals surface area contributed by atoms with Crippen molar-refractivity contribution >= 4 is 29.5 Å². The summed E-state index contributed by atoms with van der Waals surface area (Å²) in [6, 6.07) is 13.8. The zero-order valence-electron chi connectivity index (χ0n) is 22.5. The number of halogens is 1. The van der Waals surface area contributed by atoms with E-state index in [9.17, 15) is 23.6 Å². The molecule has 1 fully saturated rings. The molecule has 0 aliphatic carbocycles. The highest BCUT2D eigenvalue weighted by atomic mass is 19.1. The van der Waals surface area contributed by atoms with Crippen molar-refractivity contribution in [2.24, 2.45) is 10.5 Å². The van der Waals surface area contributed by atoms with E-state index >= 15 is 0 Å². The molecule has 212 valence electrons. The lowest BCUT2D eigenvalue weighted by Gasteiger charge is -2.40. The number of para-hydroxylation sites is 1. The molecule has 0 unspecified atom stereocenters. The van der Waals surface area contributed by atoms with Crippen molar-refractivity contribution in [2.75, 3.05) is 26.7 Å². The number of carboxylic acid groups (broad SMARTS) is 1. The number of benzene rings is 2. The molecule has 2 heterocycles. The van der Waals surface area contributed by atoms with E-state index in [0.717, 1.165) is 5.56 Å². The SMILES string of the molecule is CN1N=C2CCN(C(=O)[C@@H](COc3ccccc3F)NC(=O)C(C)(C)NC(=O)O)C[C@@]2(Cc2ccccc2)C1=O. The second-order valence-electron chi connectivity index (χ2n) is 10.5. The van der Waals surface area contributed by atoms with Crippen LogP contribution in [-0.2, 0) is 20.8 Å². The Morgan fingerprint density at radius 3 is 2.50 bits per heavy atom. The van der Waals surface area contributed by atoms with Gasteiger partial charge < -0.3 is 25.4 Å². The number of hydrogen-bond donors (Lipinski definition) is 3. The largest absolute Gasteiger partial charge is 0.488 e. The number of rotatable bonds is 9. The predicted molar refractivity (Wildman–Crippen MR) is 143 cm³/mol. The first-order chi connectivity index (χ1) is 18.9. The number of hydrogen-bond acceptors (Lipinski definition) is 6. The Bertz CT molecular complexity index is 1330. The molecule has 4 amide bonds. The fraction of sp³-hybridized carbons (Fsp3) is 0.393. The molecular weight excluding hydrogens is 521 g/mol. The van der Waals surface area contributed by atoms with E-state index in [2.05, 4.69) is 15.7 Å². The summed E-state index contributed by atoms with van der Waals surface area (Å²) in [4.78, 5) is 53.1. The minimum Gasteiger partial charge on any atom is -0.488 e. The molecule has 2 aliphatic rings. The summed E-state index contributed by atoms with van der Waals surface area (Å²) < 4.78 is 19.8. The smallest absolute Gasteiger partial charge is 0.405 e. The number of fused-ring (bicyclic) bond motifs is 1. The van der Waals surface area contributed by atoms with Crippen LogP contribution in [0.3, 0.4) is 0 Å². The molecule has 40 heavy (non-hydrogen) atoms. The lowest BCUT2D eigenvalue weighted by atomic mass is 9.73. The molecule has 2 aliphatic heterocycles. The molecule has 0 saturated carbocycles. The number of carbonyl (C=O) groups excluding carboxylic acids is 3. The first-order valence-corrected chi connectivity index (χ1v) is 12.8. The maximum Gasteiger partial charge on any atom is 0.405 e. The number of nitrogens with one attached hydrogen (secondary N) is 2. The maximum atomic E-state index is 14.2. The minimum atomic E-state index is -1.58. The minimum absolute atomic E-state index is 0.0194. The third kappa shape index (κ3) is 5.90. The number of amides is 4. The van der Waals surface area contributed by atoms with Gasteiger partial charge in [-0.1, -0.05) is 42.5 Å². The molecule has 0 radical (unpaired) electrons. The molecule has 11 nitrogen and oxygen atoms in total. The Kier molecular flexibility index (Phi) is 8.08. The number of nitrogens with zero attached hydrogens (tertiary/aromatic N) is 3. The zero-order valence-corrected chi connectivity index (χ0v) is 22.5. The Balaban J connectivity index is 1.60. The Morgan fingerprint density at radius 2 is 1.82 bits per heavy atom. The summed E-state index contributed by atoms with van der Waals surface area (Å²) in [5, 5.41) is 19.6. The van der Waals surface area contributed by atoms with E-state index in [1.807, 2.05) is 30.3 Å². The summed E-state index contributed by atoms with van der Waals surface area (Å²) in [6.45, 7) is 2.53. The van der Waals surface area contributed by atoms with Crippen molar-refractivity contribution in [3.05, 3.63) is 66.0 Å². The molecule has 1 saturated heterocycles. The van der Waals surface area contributed by atoms with Gasteiger partial charge in [0.05, 0.1) is 5.71 Å². The fourth-order valence-corrected chi connectivity index (χ4v) is 5.01. The summed E-state index contributed by atoms with van der Waals surface area (Å²) >= 11 is 0. The van der Waals surface area contributed by atoms with Gasteiger partial charge in [0.15, 0.2) is 11.6 Å². The van der Waals surface area contributed by atoms with Crippen LogP contribution in [0.5, 0.6) is 5.75 Å². The Hall–Kier alpha value is -4.48. The molecule has 12 heteroatoms. The van der Waals surface area contributed by atoms with Crippen molar-refractivity contribution in [1.29, 1.82) is 0 Å². The quantitative estimate of drug-likeness (QED) is 0.434. The first kappa shape index (κ1) is 28.5. The summed E-state index contributed by atoms with van der Waals surface area (Å²) in [6.07, 6.45) is -0.742. The zero-order chi connectivity index (χ0) is 29.1. The lowest BCUT2D eigenvalue weighted by molar-refractivity contribution is -0.143. The number of hydrazone groups is 1. The highest BCUT2D eigenvalue weighted by Crippen LogP contribution is 2.38. The molecule has 2 aromatic carbocycles. The summed E-state index contributed by atoms with van der Waals surface area (Å²) in [5.41, 5.74) is -1.07. The number of carbonyl (C=O) groups is 4. The number of likely N-dealkylation sites (tertiary alicyclic amines) is 1. The molecule has 4 rings (SSSR count). The van der Waals surface area contributed by atoms with Crippen LogP contribution in [0, 0.1) is 11.2 Å². The van der Waals surface area contributed by atoms with Gasteiger partial charge in [0, 0.05) is 26.6 Å². The molecule has 0 aromatic heterocycles. The van der Waals surface area contributed by atoms with Crippen LogP contribution in [0.15, 0.2) is 59.7 Å². The van der Waals surface area contributed by atoms with Gasteiger partial charge in [0.2, 0.25) is 11.8 Å². The Labute approximate surface area is 231 Å². The standard InChI is InChI=1S/C28H32FN5O6/c1-27(2,31-26(38)39)24(36)30-20(16-40-21-12-8-7-11-19(21)29)23(35)34-14-13-22-28(17-34,25(37)33(3)32-22)15-18-9-5-4-6-10-18/h4-12,20,31H,13-17H2,1-3H3,(H,30,36)(H,38,39)/t20-,28-/m1/s1. The van der Waals surface area contributed by atoms with Crippen LogP contribution in [0.25, 0.3) is 0 Å². The van der Waals surface area contributed by atoms with Gasteiger partial charge in [0.1, 0.15) is 23.6 Å². The topological polar surface area (TPSA) is 141 Å². The highest BCUT2D eigenvalue weighted by molar-refractivity contribution is 6.13. The average Bonchev–Trinajstić information content (AvgIpc) is 3.15. The fourth-order valence-electron chi connectivity index (χ4n) is 5.01. The molecule has 3 N–H and O–H groups in total. The predicted octanol–water partition coefficient (Wildman–Crippen LogP) is 2.02. The lowest BCUT2D eigenvalue weighted by Crippen LogP contribution is -2.63. The van der Waals surface area contributed by atoms with E-state index in [1.165, 1.54) is 42.0 Å². The van der Waals surface area contributed by atoms with Crippen LogP contribution >= 0.6 is 0 Å². The van der Waals surface area contributed by atoms with E-state index in [-0.39, 0.29) is 24.7 Å². The second kappa shape index (κ2) is 11.3. The molecular formula is C28H32FN5O6. The van der Waals surface area contributed by atoms with E-state index < -0.39 is 47.3 Å². The van der Waals surface area contributed by atoms with Crippen LogP contribution in [-0.4, -0.2) is 82.9 Å². The van der Waals surface area contributed by atoms with Gasteiger partial charge >= 0.3 is 6.09 Å². The van der Waals surface area contributed by atoms with Crippen LogP contribution < -0.4 is 15.4 Å². The summed E-state index contributed by atoms with van der Waals surface area (Å²) in [7, 11) is 1.58. The van der Waals surface area contributed by atoms with Gasteiger partial charge in [-0.3, -0.25) is 14.4 Å². The van der Waals surface area contributed by atoms with Gasteiger partial charge in [-0.05, 0) is 38.0 Å². The van der Waals surface area contributed by atoms with Crippen molar-refractivity contribution < 1.29 is 33.4 Å². The normalized spacial score (nSPS) is 19.4. The third-order valence-corrected chi connectivity index (χ3v) is 7.10. The average molecular weight is 554 g/mol. The van der Waals surface area contributed by atoms with Gasteiger partial charge in [-0.2, -0.15) is 5.10 Å². The monoisotopic (exact) mass is 553 g/mol. The van der Waals surface area contributed by atoms with Gasteiger partial charge in [-0.25, -0.2) is 14.2 Å². The van der Waals surface area contributed by atoms with Crippen LogP contribution in [0.2, 0.25) is 0 Å². The number of ether oxygens (including phenoxy) is 1. The summed E-state index contributed by atoms with van der Waals surface area (Å²) in [5.74, 6) is -2.32. The van der Waals surface area contributed by atoms with Crippen LogP contribution in [0.4, 0.5) is 9.18 Å². The Morgan fingerprint density at radius 1 is 1.15 bits per heavy atom. The van der Waals surface area contributed by atoms with Crippen molar-refractivity contribution in [3.8, 4) is 5.75 Å². The molecule has 0 bridgehead atoms. The maximum absolute atomic E-state index is 14.2. The number of piperidine rings is 1. The van der Waals surface area contributed by atoms with Crippen molar-refractivity contribution in [3.63, 3.8) is 0 Å². The van der Waals surface area contributed by atoms with Gasteiger partial charge in [-0.15, -0.1) is 0 Å². The highest BCUT2D eigenvalue weighted by Gasteiger charge is 2.54. The van der Waals surface area contributed by atoms with Gasteiger partial charge in [0.25, 0.3) is 5.91 Å². The molecule has 2 aromatic rings. The van der Waals surface area contributed by atoms with Crippen molar-refractivity contribution in [1.82, 2.24) is 20.5 Å². The van der Waals surface area contributed by atoms with E-state index in [4.69, 9.17) is 9.84 Å². The molecule has 0 spiro atoms. The second-order valence-corrected chi connectivity index (χ2v) is 10.5. The first-order valence-electron chi connectivity index (χ1n) is 12.8. The van der Waals surface area contributed by atoms with E-state index in [1.54, 1.807) is 13.1 Å². The third-order valence-electron chi connectivity index (χ3n) is 7.10. The van der Waals surface area contributed by atoms with Crippen molar-refractivity contribution in [2.45, 2.75) is 38.3 Å². The molecule has 2 atom stereocenters.